The summed E-state index contributed by atoms with van der Waals surface area (Å²) in [6, 6.07) is 0. The van der Waals surface area contributed by atoms with Crippen molar-refractivity contribution in [1.82, 2.24) is 0 Å². The van der Waals surface area contributed by atoms with Crippen molar-refractivity contribution in [2.24, 2.45) is 11.8 Å². The summed E-state index contributed by atoms with van der Waals surface area (Å²) in [6.07, 6.45) is 7.48. The predicted molar refractivity (Wildman–Crippen MR) is 68.3 cm³/mol. The highest BCUT2D eigenvalue weighted by Crippen LogP contribution is 2.17. The summed E-state index contributed by atoms with van der Waals surface area (Å²) in [6.45, 7) is 8.95. The van der Waals surface area contributed by atoms with Crippen molar-refractivity contribution in [2.45, 2.75) is 66.2 Å². The van der Waals surface area contributed by atoms with E-state index in [1.165, 1.54) is 39.0 Å². The highest BCUT2D eigenvalue weighted by Gasteiger charge is 2.03. The molecule has 0 spiro atoms. The van der Waals surface area contributed by atoms with E-state index in [2.05, 4.69) is 20.8 Å². The van der Waals surface area contributed by atoms with E-state index in [-0.39, 0.29) is 5.97 Å². The monoisotopic (exact) mass is 228 g/mol. The zero-order chi connectivity index (χ0) is 12.4. The van der Waals surface area contributed by atoms with E-state index >= 15 is 0 Å². The lowest BCUT2D eigenvalue weighted by atomic mass is 9.95. The van der Waals surface area contributed by atoms with Crippen LogP contribution in [-0.2, 0) is 9.53 Å². The molecule has 0 aliphatic carbocycles. The Bertz CT molecular complexity index is 176. The largest absolute Gasteiger partial charge is 0.466 e. The lowest BCUT2D eigenvalue weighted by Gasteiger charge is -2.12. The Balaban J connectivity index is 3.23. The third-order valence-electron chi connectivity index (χ3n) is 2.87. The minimum absolute atomic E-state index is 0.162. The smallest absolute Gasteiger partial charge is 0.302 e. The summed E-state index contributed by atoms with van der Waals surface area (Å²) in [5, 5.41) is 0. The molecule has 1 atom stereocenters. The molecule has 0 bridgehead atoms. The number of rotatable bonds is 9. The van der Waals surface area contributed by atoms with Crippen molar-refractivity contribution in [3.8, 4) is 0 Å². The third kappa shape index (κ3) is 11.5. The summed E-state index contributed by atoms with van der Waals surface area (Å²) in [5.41, 5.74) is 0. The first-order valence-corrected chi connectivity index (χ1v) is 6.65. The molecule has 0 aliphatic rings. The summed E-state index contributed by atoms with van der Waals surface area (Å²) in [5.74, 6) is 1.48. The van der Waals surface area contributed by atoms with Gasteiger partial charge >= 0.3 is 5.97 Å². The van der Waals surface area contributed by atoms with Crippen LogP contribution in [0.15, 0.2) is 0 Å². The Kier molecular flexibility index (Phi) is 9.36. The number of unbranched alkanes of at least 4 members (excludes halogenated alkanes) is 1. The second kappa shape index (κ2) is 9.68. The van der Waals surface area contributed by atoms with Crippen LogP contribution in [0.4, 0.5) is 0 Å². The molecule has 0 aromatic heterocycles. The molecule has 0 radical (unpaired) electrons. The Morgan fingerprint density at radius 2 is 1.62 bits per heavy atom. The van der Waals surface area contributed by atoms with E-state index in [1.54, 1.807) is 0 Å². The van der Waals surface area contributed by atoms with E-state index < -0.39 is 0 Å². The number of ether oxygens (including phenoxy) is 1. The van der Waals surface area contributed by atoms with Crippen molar-refractivity contribution < 1.29 is 9.53 Å². The number of hydrogen-bond donors (Lipinski definition) is 0. The summed E-state index contributed by atoms with van der Waals surface area (Å²) >= 11 is 0. The van der Waals surface area contributed by atoms with Crippen LogP contribution in [0.25, 0.3) is 0 Å². The van der Waals surface area contributed by atoms with E-state index in [9.17, 15) is 4.79 Å². The van der Waals surface area contributed by atoms with Gasteiger partial charge in [0.1, 0.15) is 0 Å². The van der Waals surface area contributed by atoms with Crippen LogP contribution in [-0.4, -0.2) is 12.6 Å². The van der Waals surface area contributed by atoms with Gasteiger partial charge < -0.3 is 4.74 Å². The molecule has 0 heterocycles. The summed E-state index contributed by atoms with van der Waals surface area (Å²) in [7, 11) is 0. The van der Waals surface area contributed by atoms with Gasteiger partial charge in [0.05, 0.1) is 6.61 Å². The molecule has 16 heavy (non-hydrogen) atoms. The highest BCUT2D eigenvalue weighted by atomic mass is 16.5. The van der Waals surface area contributed by atoms with Gasteiger partial charge in [-0.15, -0.1) is 0 Å². The molecule has 0 rings (SSSR count). The fourth-order valence-electron chi connectivity index (χ4n) is 1.83. The number of carbonyl (C=O) groups excluding carboxylic acids is 1. The van der Waals surface area contributed by atoms with Gasteiger partial charge in [-0.3, -0.25) is 4.79 Å². The lowest BCUT2D eigenvalue weighted by molar-refractivity contribution is -0.141. The van der Waals surface area contributed by atoms with Crippen molar-refractivity contribution >= 4 is 5.97 Å². The van der Waals surface area contributed by atoms with E-state index in [4.69, 9.17) is 4.74 Å². The Morgan fingerprint density at radius 3 is 2.19 bits per heavy atom. The van der Waals surface area contributed by atoms with Gasteiger partial charge in [-0.05, 0) is 24.7 Å². The molecule has 2 heteroatoms. The molecule has 0 saturated carbocycles. The van der Waals surface area contributed by atoms with Gasteiger partial charge in [-0.2, -0.15) is 0 Å². The first kappa shape index (κ1) is 15.5. The van der Waals surface area contributed by atoms with E-state index in [0.29, 0.717) is 6.61 Å². The topological polar surface area (TPSA) is 26.3 Å². The van der Waals surface area contributed by atoms with Gasteiger partial charge in [0, 0.05) is 6.92 Å². The number of carbonyl (C=O) groups is 1. The summed E-state index contributed by atoms with van der Waals surface area (Å²) in [4.78, 5) is 10.5. The van der Waals surface area contributed by atoms with Crippen LogP contribution >= 0.6 is 0 Å². The van der Waals surface area contributed by atoms with Gasteiger partial charge in [0.2, 0.25) is 0 Å². The molecule has 0 aliphatic heterocycles. The molecule has 0 fully saturated rings. The van der Waals surface area contributed by atoms with Crippen molar-refractivity contribution in [3.05, 3.63) is 0 Å². The SMILES string of the molecule is CC(=O)OCCCCC(C)CCCC(C)C. The summed E-state index contributed by atoms with van der Waals surface area (Å²) < 4.78 is 4.90. The van der Waals surface area contributed by atoms with Crippen molar-refractivity contribution in [1.29, 1.82) is 0 Å². The quantitative estimate of drug-likeness (QED) is 0.437. The maximum atomic E-state index is 10.5. The van der Waals surface area contributed by atoms with Gasteiger partial charge in [0.25, 0.3) is 0 Å². The third-order valence-corrected chi connectivity index (χ3v) is 2.87. The highest BCUT2D eigenvalue weighted by molar-refractivity contribution is 5.65. The van der Waals surface area contributed by atoms with Crippen LogP contribution in [0.1, 0.15) is 66.2 Å². The molecule has 0 saturated heterocycles. The van der Waals surface area contributed by atoms with Crippen LogP contribution in [0.3, 0.4) is 0 Å². The number of hydrogen-bond acceptors (Lipinski definition) is 2. The Morgan fingerprint density at radius 1 is 1.00 bits per heavy atom. The second-order valence-corrected chi connectivity index (χ2v) is 5.27. The Hall–Kier alpha value is -0.530. The standard InChI is InChI=1S/C14H28O2/c1-12(2)8-7-10-13(3)9-5-6-11-16-14(4)15/h12-13H,5-11H2,1-4H3. The molecular weight excluding hydrogens is 200 g/mol. The predicted octanol–water partition coefficient (Wildman–Crippen LogP) is 4.18. The van der Waals surface area contributed by atoms with Crippen LogP contribution in [0, 0.1) is 11.8 Å². The molecule has 0 aromatic rings. The Labute approximate surface area is 101 Å². The molecular formula is C14H28O2. The molecule has 0 aromatic carbocycles. The maximum Gasteiger partial charge on any atom is 0.302 e. The zero-order valence-corrected chi connectivity index (χ0v) is 11.4. The number of esters is 1. The van der Waals surface area contributed by atoms with Crippen molar-refractivity contribution in [2.75, 3.05) is 6.61 Å². The average Bonchev–Trinajstić information content (AvgIpc) is 2.16. The fraction of sp³-hybridized carbons (Fsp3) is 0.929. The van der Waals surface area contributed by atoms with Gasteiger partial charge in [0.15, 0.2) is 0 Å². The zero-order valence-electron chi connectivity index (χ0n) is 11.4. The minimum Gasteiger partial charge on any atom is -0.466 e. The minimum atomic E-state index is -0.162. The van der Waals surface area contributed by atoms with E-state index in [0.717, 1.165) is 18.3 Å². The van der Waals surface area contributed by atoms with Crippen LogP contribution in [0.5, 0.6) is 0 Å². The molecule has 1 unspecified atom stereocenters. The van der Waals surface area contributed by atoms with Gasteiger partial charge in [-0.25, -0.2) is 0 Å². The molecule has 96 valence electrons. The van der Waals surface area contributed by atoms with Crippen LogP contribution < -0.4 is 0 Å². The molecule has 0 amide bonds. The second-order valence-electron chi connectivity index (χ2n) is 5.27. The fourth-order valence-corrected chi connectivity index (χ4v) is 1.83. The van der Waals surface area contributed by atoms with E-state index in [1.807, 2.05) is 0 Å². The van der Waals surface area contributed by atoms with Crippen molar-refractivity contribution in [3.63, 3.8) is 0 Å². The molecule has 2 nitrogen and oxygen atoms in total. The van der Waals surface area contributed by atoms with Gasteiger partial charge in [-0.1, -0.05) is 46.5 Å². The average molecular weight is 228 g/mol. The lowest BCUT2D eigenvalue weighted by Crippen LogP contribution is -2.02. The molecule has 0 N–H and O–H groups in total. The normalized spacial score (nSPS) is 12.8. The first-order valence-electron chi connectivity index (χ1n) is 6.65. The first-order chi connectivity index (χ1) is 7.52. The van der Waals surface area contributed by atoms with Crippen LogP contribution in [0.2, 0.25) is 0 Å². The maximum absolute atomic E-state index is 10.5.